The predicted molar refractivity (Wildman–Crippen MR) is 136 cm³/mol. The molecular formula is C22H29N7O5S2. The van der Waals surface area contributed by atoms with Gasteiger partial charge in [0.2, 0.25) is 27.6 Å². The molecule has 0 fully saturated rings. The average Bonchev–Trinajstić information content (AvgIpc) is 3.32. The molecule has 14 heteroatoms. The summed E-state index contributed by atoms with van der Waals surface area (Å²) in [5.74, 6) is -1.68. The zero-order valence-corrected chi connectivity index (χ0v) is 21.3. The summed E-state index contributed by atoms with van der Waals surface area (Å²) in [4.78, 5) is 44.7. The van der Waals surface area contributed by atoms with Gasteiger partial charge in [0.15, 0.2) is 11.0 Å². The van der Waals surface area contributed by atoms with Gasteiger partial charge in [-0.15, -0.1) is 11.3 Å². The second-order valence-corrected chi connectivity index (χ2v) is 11.0. The molecule has 6 N–H and O–H groups in total. The number of para-hydroxylation sites is 1. The molecule has 194 valence electrons. The fourth-order valence-corrected chi connectivity index (χ4v) is 5.29. The number of aryl methyl sites for hydroxylation is 1. The molecule has 0 radical (unpaired) electrons. The number of thiazole rings is 1. The molecule has 2 heterocycles. The fraction of sp³-hybridized carbons (Fsp3) is 0.409. The molecule has 0 aliphatic carbocycles. The highest BCUT2D eigenvalue weighted by Gasteiger charge is 2.34. The largest absolute Gasteiger partial charge is 0.370 e. The Hall–Kier alpha value is -3.36. The van der Waals surface area contributed by atoms with Crippen LogP contribution in [0, 0.1) is 5.41 Å². The number of Topliss-reactive ketones (excluding diaryl/α,β-unsaturated/α-hetero) is 1. The quantitative estimate of drug-likeness (QED) is 0.115. The van der Waals surface area contributed by atoms with Crippen molar-refractivity contribution >= 4 is 50.6 Å². The number of hydrogen-bond acceptors (Lipinski definition) is 8. The number of nitrogens with zero attached hydrogens (tertiary/aromatic N) is 2. The van der Waals surface area contributed by atoms with E-state index >= 15 is 0 Å². The maximum atomic E-state index is 13.3. The number of rotatable bonds is 11. The molecule has 1 aromatic heterocycles. The van der Waals surface area contributed by atoms with E-state index in [0.717, 1.165) is 23.2 Å². The number of nitrogens with two attached hydrogens (primary N) is 1. The highest BCUT2D eigenvalue weighted by atomic mass is 32.2. The summed E-state index contributed by atoms with van der Waals surface area (Å²) in [5.41, 5.74) is 6.62. The van der Waals surface area contributed by atoms with Gasteiger partial charge in [0, 0.05) is 23.8 Å². The highest BCUT2D eigenvalue weighted by Crippen LogP contribution is 2.27. The van der Waals surface area contributed by atoms with E-state index in [1.165, 1.54) is 11.1 Å². The predicted octanol–water partition coefficient (Wildman–Crippen LogP) is -0.0289. The minimum Gasteiger partial charge on any atom is -0.370 e. The van der Waals surface area contributed by atoms with Gasteiger partial charge in [-0.3, -0.25) is 19.8 Å². The molecular weight excluding hydrogens is 506 g/mol. The van der Waals surface area contributed by atoms with E-state index in [2.05, 4.69) is 20.3 Å². The van der Waals surface area contributed by atoms with Crippen LogP contribution in [0.5, 0.6) is 0 Å². The van der Waals surface area contributed by atoms with E-state index in [1.807, 2.05) is 12.1 Å². The lowest BCUT2D eigenvalue weighted by atomic mass is 10.1. The van der Waals surface area contributed by atoms with Crippen LogP contribution in [0.2, 0.25) is 0 Å². The standard InChI is InChI=1S/C22H29N7O5S2/c1-36(33,34)28-16-9-8-14-5-2-3-7-17(14)29(21(16)32)13-18(30)27-15(6-4-10-26-22(23)24)19(31)20-25-11-12-35-20/h2-3,5,7,11-12,15-16,28H,4,6,8-10,13H2,1H3,(H,27,30)(H4,23,24,26)/t15-,16?/m1/s1. The third-order valence-electron chi connectivity index (χ3n) is 5.49. The van der Waals surface area contributed by atoms with Gasteiger partial charge in [-0.25, -0.2) is 18.1 Å². The van der Waals surface area contributed by atoms with Crippen LogP contribution in [-0.4, -0.2) is 68.4 Å². The summed E-state index contributed by atoms with van der Waals surface area (Å²) < 4.78 is 26.0. The first-order chi connectivity index (χ1) is 17.0. The smallest absolute Gasteiger partial charge is 0.245 e. The van der Waals surface area contributed by atoms with Crippen LogP contribution in [0.1, 0.15) is 34.6 Å². The average molecular weight is 536 g/mol. The third-order valence-corrected chi connectivity index (χ3v) is 6.99. The van der Waals surface area contributed by atoms with Crippen LogP contribution < -0.4 is 26.0 Å². The van der Waals surface area contributed by atoms with Crippen molar-refractivity contribution in [1.82, 2.24) is 20.3 Å². The molecule has 0 spiro atoms. The van der Waals surface area contributed by atoms with E-state index < -0.39 is 40.5 Å². The van der Waals surface area contributed by atoms with Crippen molar-refractivity contribution in [3.8, 4) is 0 Å². The molecule has 36 heavy (non-hydrogen) atoms. The summed E-state index contributed by atoms with van der Waals surface area (Å²) >= 11 is 1.15. The number of carbonyl (C=O) groups excluding carboxylic acids is 3. The van der Waals surface area contributed by atoms with Crippen molar-refractivity contribution in [1.29, 1.82) is 5.41 Å². The second kappa shape index (κ2) is 12.1. The zero-order valence-electron chi connectivity index (χ0n) is 19.7. The summed E-state index contributed by atoms with van der Waals surface area (Å²) in [6, 6.07) is 5.15. The number of nitrogens with one attached hydrogen (secondary N) is 4. The van der Waals surface area contributed by atoms with Gasteiger partial charge in [0.25, 0.3) is 0 Å². The Morgan fingerprint density at radius 2 is 2.08 bits per heavy atom. The molecule has 2 atom stereocenters. The molecule has 1 aliphatic rings. The van der Waals surface area contributed by atoms with Gasteiger partial charge < -0.3 is 21.3 Å². The lowest BCUT2D eigenvalue weighted by Gasteiger charge is -2.26. The van der Waals surface area contributed by atoms with E-state index in [1.54, 1.807) is 17.5 Å². The fourth-order valence-electron chi connectivity index (χ4n) is 3.92. The van der Waals surface area contributed by atoms with Crippen molar-refractivity contribution in [3.05, 3.63) is 46.4 Å². The Morgan fingerprint density at radius 3 is 2.75 bits per heavy atom. The molecule has 1 unspecified atom stereocenters. The SMILES string of the molecule is CS(=O)(=O)NC1CCc2ccccc2N(CC(=O)N[C@H](CCCNC(=N)N)C(=O)c2nccs2)C1=O. The molecule has 12 nitrogen and oxygen atoms in total. The minimum absolute atomic E-state index is 0.197. The van der Waals surface area contributed by atoms with Gasteiger partial charge in [0.05, 0.1) is 12.3 Å². The van der Waals surface area contributed by atoms with Crippen molar-refractivity contribution in [3.63, 3.8) is 0 Å². The van der Waals surface area contributed by atoms with Crippen molar-refractivity contribution in [2.75, 3.05) is 24.2 Å². The third kappa shape index (κ3) is 7.57. The van der Waals surface area contributed by atoms with Crippen LogP contribution in [0.3, 0.4) is 0 Å². The van der Waals surface area contributed by atoms with E-state index in [4.69, 9.17) is 11.1 Å². The number of sulfonamides is 1. The van der Waals surface area contributed by atoms with Gasteiger partial charge in [0.1, 0.15) is 12.6 Å². The number of guanidine groups is 1. The van der Waals surface area contributed by atoms with Crippen LogP contribution in [0.25, 0.3) is 0 Å². The summed E-state index contributed by atoms with van der Waals surface area (Å²) in [6.45, 7) is -0.0607. The molecule has 2 amide bonds. The Labute approximate surface area is 213 Å². The Kier molecular flexibility index (Phi) is 9.12. The summed E-state index contributed by atoms with van der Waals surface area (Å²) in [7, 11) is -3.66. The van der Waals surface area contributed by atoms with Crippen molar-refractivity contribution < 1.29 is 22.8 Å². The molecule has 1 aromatic carbocycles. The van der Waals surface area contributed by atoms with Gasteiger partial charge >= 0.3 is 0 Å². The number of benzene rings is 1. The normalized spacial score (nSPS) is 16.5. The maximum absolute atomic E-state index is 13.3. The number of ketones is 1. The maximum Gasteiger partial charge on any atom is 0.245 e. The Morgan fingerprint density at radius 1 is 1.33 bits per heavy atom. The first-order valence-corrected chi connectivity index (χ1v) is 14.0. The first kappa shape index (κ1) is 27.2. The number of anilines is 1. The van der Waals surface area contributed by atoms with Gasteiger partial charge in [-0.05, 0) is 37.3 Å². The van der Waals surface area contributed by atoms with E-state index in [-0.39, 0.29) is 29.6 Å². The summed E-state index contributed by atoms with van der Waals surface area (Å²) in [5, 5.41) is 14.5. The van der Waals surface area contributed by atoms with Crippen LogP contribution in [0.4, 0.5) is 5.69 Å². The Balaban J connectivity index is 1.79. The van der Waals surface area contributed by atoms with E-state index in [0.29, 0.717) is 25.1 Å². The minimum atomic E-state index is -3.66. The second-order valence-electron chi connectivity index (χ2n) is 8.34. The van der Waals surface area contributed by atoms with Gasteiger partial charge in [-0.2, -0.15) is 0 Å². The van der Waals surface area contributed by atoms with Crippen LogP contribution in [-0.2, 0) is 26.0 Å². The lowest BCUT2D eigenvalue weighted by molar-refractivity contribution is -0.124. The van der Waals surface area contributed by atoms with E-state index in [9.17, 15) is 22.8 Å². The highest BCUT2D eigenvalue weighted by molar-refractivity contribution is 7.88. The lowest BCUT2D eigenvalue weighted by Crippen LogP contribution is -2.52. The van der Waals surface area contributed by atoms with Crippen molar-refractivity contribution in [2.24, 2.45) is 5.73 Å². The summed E-state index contributed by atoms with van der Waals surface area (Å²) in [6.07, 6.45) is 3.86. The number of fused-ring (bicyclic) bond motifs is 1. The zero-order chi connectivity index (χ0) is 26.3. The molecule has 0 saturated carbocycles. The Bertz CT molecular complexity index is 1220. The van der Waals surface area contributed by atoms with Crippen LogP contribution >= 0.6 is 11.3 Å². The number of aromatic nitrogens is 1. The molecule has 0 saturated heterocycles. The molecule has 3 rings (SSSR count). The molecule has 1 aliphatic heterocycles. The molecule has 0 bridgehead atoms. The number of hydrogen-bond donors (Lipinski definition) is 5. The number of amides is 2. The first-order valence-electron chi connectivity index (χ1n) is 11.2. The number of carbonyl (C=O) groups is 3. The topological polar surface area (TPSA) is 187 Å². The monoisotopic (exact) mass is 535 g/mol. The van der Waals surface area contributed by atoms with Crippen LogP contribution in [0.15, 0.2) is 35.8 Å². The van der Waals surface area contributed by atoms with Gasteiger partial charge in [-0.1, -0.05) is 18.2 Å². The van der Waals surface area contributed by atoms with Crippen molar-refractivity contribution in [2.45, 2.75) is 37.8 Å². The molecule has 2 aromatic rings.